The fraction of sp³-hybridized carbons (Fsp3) is 0.182. The van der Waals surface area contributed by atoms with Crippen molar-refractivity contribution in [2.75, 3.05) is 11.1 Å². The van der Waals surface area contributed by atoms with E-state index in [9.17, 15) is 9.59 Å². The first kappa shape index (κ1) is 23.8. The summed E-state index contributed by atoms with van der Waals surface area (Å²) >= 11 is 13.2. The van der Waals surface area contributed by atoms with E-state index in [4.69, 9.17) is 23.2 Å². The van der Waals surface area contributed by atoms with Crippen molar-refractivity contribution in [2.45, 2.75) is 24.7 Å². The van der Waals surface area contributed by atoms with Crippen molar-refractivity contribution in [1.29, 1.82) is 0 Å². The van der Waals surface area contributed by atoms with E-state index in [1.165, 1.54) is 11.8 Å². The quantitative estimate of drug-likeness (QED) is 0.326. The number of thioether (sulfide) groups is 1. The zero-order valence-electron chi connectivity index (χ0n) is 17.2. The summed E-state index contributed by atoms with van der Waals surface area (Å²) in [7, 11) is 0. The Bertz CT molecular complexity index is 1120. The topological polar surface area (TPSA) is 88.9 Å². The van der Waals surface area contributed by atoms with E-state index < -0.39 is 6.04 Å². The van der Waals surface area contributed by atoms with Gasteiger partial charge in [-0.1, -0.05) is 53.2 Å². The van der Waals surface area contributed by atoms with Crippen molar-refractivity contribution in [2.24, 2.45) is 0 Å². The lowest BCUT2D eigenvalue weighted by molar-refractivity contribution is -0.113. The SMILES string of the molecule is C=CCn1c(SCC(=O)Nc2ccc(Cl)cc2)nnc1[C@H](C)NC(=O)c1ccccc1Cl. The second kappa shape index (κ2) is 11.2. The molecule has 166 valence electrons. The van der Waals surface area contributed by atoms with E-state index in [0.29, 0.717) is 38.8 Å². The van der Waals surface area contributed by atoms with E-state index in [1.807, 2.05) is 4.57 Å². The first-order valence-corrected chi connectivity index (χ1v) is 11.4. The molecule has 3 rings (SSSR count). The minimum atomic E-state index is -0.441. The highest BCUT2D eigenvalue weighted by atomic mass is 35.5. The molecule has 32 heavy (non-hydrogen) atoms. The monoisotopic (exact) mass is 489 g/mol. The molecule has 0 aliphatic carbocycles. The molecular weight excluding hydrogens is 469 g/mol. The van der Waals surface area contributed by atoms with Crippen LogP contribution >= 0.6 is 35.0 Å². The maximum atomic E-state index is 12.6. The van der Waals surface area contributed by atoms with Gasteiger partial charge in [0.25, 0.3) is 5.91 Å². The highest BCUT2D eigenvalue weighted by Crippen LogP contribution is 2.22. The molecule has 10 heteroatoms. The van der Waals surface area contributed by atoms with Crippen LogP contribution in [0.25, 0.3) is 0 Å². The van der Waals surface area contributed by atoms with Crippen LogP contribution in [0.5, 0.6) is 0 Å². The normalized spacial score (nSPS) is 11.6. The average Bonchev–Trinajstić information content (AvgIpc) is 3.17. The van der Waals surface area contributed by atoms with Gasteiger partial charge in [-0.3, -0.25) is 9.59 Å². The molecule has 1 atom stereocenters. The Morgan fingerprint density at radius 3 is 2.56 bits per heavy atom. The molecule has 0 fully saturated rings. The summed E-state index contributed by atoms with van der Waals surface area (Å²) in [4.78, 5) is 24.9. The van der Waals surface area contributed by atoms with E-state index >= 15 is 0 Å². The number of hydrogen-bond acceptors (Lipinski definition) is 5. The molecule has 1 heterocycles. The minimum Gasteiger partial charge on any atom is -0.342 e. The highest BCUT2D eigenvalue weighted by Gasteiger charge is 2.21. The predicted molar refractivity (Wildman–Crippen MR) is 128 cm³/mol. The Balaban J connectivity index is 1.67. The number of hydrogen-bond donors (Lipinski definition) is 2. The summed E-state index contributed by atoms with van der Waals surface area (Å²) in [6.45, 7) is 6.01. The number of rotatable bonds is 9. The van der Waals surface area contributed by atoms with Gasteiger partial charge in [0.05, 0.1) is 22.4 Å². The van der Waals surface area contributed by atoms with E-state index in [0.717, 1.165) is 0 Å². The summed E-state index contributed by atoms with van der Waals surface area (Å²) in [5.41, 5.74) is 1.04. The van der Waals surface area contributed by atoms with Gasteiger partial charge in [-0.15, -0.1) is 16.8 Å². The first-order valence-electron chi connectivity index (χ1n) is 9.66. The van der Waals surface area contributed by atoms with Crippen molar-refractivity contribution in [1.82, 2.24) is 20.1 Å². The fourth-order valence-electron chi connectivity index (χ4n) is 2.87. The first-order chi connectivity index (χ1) is 15.4. The third-order valence-electron chi connectivity index (χ3n) is 4.37. The van der Waals surface area contributed by atoms with Crippen LogP contribution in [-0.4, -0.2) is 32.3 Å². The Hall–Kier alpha value is -2.81. The number of aromatic nitrogens is 3. The third kappa shape index (κ3) is 6.12. The van der Waals surface area contributed by atoms with Crippen LogP contribution in [0.4, 0.5) is 5.69 Å². The van der Waals surface area contributed by atoms with E-state index in [1.54, 1.807) is 61.5 Å². The van der Waals surface area contributed by atoms with Crippen molar-refractivity contribution in [3.8, 4) is 0 Å². The van der Waals surface area contributed by atoms with Crippen LogP contribution in [0.1, 0.15) is 29.1 Å². The van der Waals surface area contributed by atoms with Crippen LogP contribution in [0.15, 0.2) is 66.3 Å². The highest BCUT2D eigenvalue weighted by molar-refractivity contribution is 7.99. The average molecular weight is 490 g/mol. The number of halogens is 2. The van der Waals surface area contributed by atoms with Crippen LogP contribution < -0.4 is 10.6 Å². The Morgan fingerprint density at radius 2 is 1.88 bits per heavy atom. The standard InChI is InChI=1S/C22H21Cl2N5O2S/c1-3-12-29-20(14(2)25-21(31)17-6-4-5-7-18(17)24)27-28-22(29)32-13-19(30)26-16-10-8-15(23)9-11-16/h3-11,14H,1,12-13H2,2H3,(H,25,31)(H,26,30)/t14-/m0/s1. The summed E-state index contributed by atoms with van der Waals surface area (Å²) in [6, 6.07) is 13.2. The molecule has 2 N–H and O–H groups in total. The number of anilines is 1. The second-order valence-electron chi connectivity index (χ2n) is 6.76. The van der Waals surface area contributed by atoms with Gasteiger partial charge in [0.1, 0.15) is 0 Å². The second-order valence-corrected chi connectivity index (χ2v) is 8.54. The van der Waals surface area contributed by atoms with Crippen LogP contribution in [0, 0.1) is 0 Å². The smallest absolute Gasteiger partial charge is 0.253 e. The molecule has 3 aromatic rings. The summed E-state index contributed by atoms with van der Waals surface area (Å²) in [5, 5.41) is 15.6. The van der Waals surface area contributed by atoms with Gasteiger partial charge in [-0.05, 0) is 43.3 Å². The lowest BCUT2D eigenvalue weighted by Gasteiger charge is -2.15. The number of amides is 2. The minimum absolute atomic E-state index is 0.137. The van der Waals surface area contributed by atoms with Gasteiger partial charge in [0, 0.05) is 17.3 Å². The molecule has 0 unspecified atom stereocenters. The van der Waals surface area contributed by atoms with Crippen LogP contribution in [0.3, 0.4) is 0 Å². The fourth-order valence-corrected chi connectivity index (χ4v) is 3.97. The molecule has 0 saturated heterocycles. The van der Waals surface area contributed by atoms with Crippen molar-refractivity contribution in [3.05, 3.63) is 82.6 Å². The van der Waals surface area contributed by atoms with Gasteiger partial charge < -0.3 is 15.2 Å². The maximum Gasteiger partial charge on any atom is 0.253 e. The molecule has 0 aliphatic rings. The lowest BCUT2D eigenvalue weighted by Crippen LogP contribution is -2.29. The molecule has 1 aromatic heterocycles. The largest absolute Gasteiger partial charge is 0.342 e. The van der Waals surface area contributed by atoms with Gasteiger partial charge in [0.15, 0.2) is 11.0 Å². The molecule has 0 bridgehead atoms. The molecule has 2 amide bonds. The number of nitrogens with one attached hydrogen (secondary N) is 2. The van der Waals surface area contributed by atoms with Gasteiger partial charge >= 0.3 is 0 Å². The van der Waals surface area contributed by atoms with Gasteiger partial charge in [-0.25, -0.2) is 0 Å². The number of benzene rings is 2. The van der Waals surface area contributed by atoms with Crippen molar-refractivity contribution in [3.63, 3.8) is 0 Å². The van der Waals surface area contributed by atoms with E-state index in [2.05, 4.69) is 27.4 Å². The molecule has 0 aliphatic heterocycles. The van der Waals surface area contributed by atoms with Crippen LogP contribution in [0.2, 0.25) is 10.0 Å². The third-order valence-corrected chi connectivity index (χ3v) is 5.92. The molecule has 7 nitrogen and oxygen atoms in total. The summed E-state index contributed by atoms with van der Waals surface area (Å²) < 4.78 is 1.81. The van der Waals surface area contributed by atoms with E-state index in [-0.39, 0.29) is 17.6 Å². The number of allylic oxidation sites excluding steroid dienone is 1. The van der Waals surface area contributed by atoms with Gasteiger partial charge in [0.2, 0.25) is 5.91 Å². The van der Waals surface area contributed by atoms with Gasteiger partial charge in [-0.2, -0.15) is 0 Å². The zero-order valence-corrected chi connectivity index (χ0v) is 19.5. The molecule has 0 spiro atoms. The predicted octanol–water partition coefficient (Wildman–Crippen LogP) is 4.99. The molecular formula is C22H21Cl2N5O2S. The number of nitrogens with zero attached hydrogens (tertiary/aromatic N) is 3. The Labute approximate surface area is 200 Å². The van der Waals surface area contributed by atoms with Crippen LogP contribution in [-0.2, 0) is 11.3 Å². The summed E-state index contributed by atoms with van der Waals surface area (Å²) in [6.07, 6.45) is 1.70. The lowest BCUT2D eigenvalue weighted by atomic mass is 10.2. The Kier molecular flexibility index (Phi) is 8.33. The maximum absolute atomic E-state index is 12.6. The molecule has 2 aromatic carbocycles. The number of carbonyl (C=O) groups is 2. The number of carbonyl (C=O) groups excluding carboxylic acids is 2. The molecule has 0 radical (unpaired) electrons. The zero-order chi connectivity index (χ0) is 23.1. The summed E-state index contributed by atoms with van der Waals surface area (Å²) in [5.74, 6) is 0.184. The Morgan fingerprint density at radius 1 is 1.16 bits per heavy atom. The molecule has 0 saturated carbocycles. The van der Waals surface area contributed by atoms with Crippen molar-refractivity contribution >= 4 is 52.5 Å². The van der Waals surface area contributed by atoms with Crippen molar-refractivity contribution < 1.29 is 9.59 Å².